The molecular formula is C25H28N6OS2. The zero-order chi connectivity index (χ0) is 23.5. The second-order valence-corrected chi connectivity index (χ2v) is 11.2. The Morgan fingerprint density at radius 1 is 1.15 bits per heavy atom. The molecule has 2 heterocycles. The average molecular weight is 493 g/mol. The van der Waals surface area contributed by atoms with E-state index >= 15 is 0 Å². The molecule has 1 atom stereocenters. The number of carbonyl (C=O) groups excluding carboxylic acids is 1. The number of aromatic nitrogens is 4. The Morgan fingerprint density at radius 2 is 1.91 bits per heavy atom. The van der Waals surface area contributed by atoms with Gasteiger partial charge >= 0.3 is 0 Å². The Hall–Kier alpha value is -2.91. The summed E-state index contributed by atoms with van der Waals surface area (Å²) in [7, 11) is 0. The first kappa shape index (κ1) is 22.9. The number of hydrogen-bond acceptors (Lipinski definition) is 7. The van der Waals surface area contributed by atoms with Crippen molar-refractivity contribution in [3.8, 4) is 0 Å². The number of nitrogens with zero attached hydrogens (tertiary/aromatic N) is 4. The van der Waals surface area contributed by atoms with E-state index in [1.165, 1.54) is 35.7 Å². The smallest absolute Gasteiger partial charge is 0.237 e. The molecule has 2 aromatic heterocycles. The number of thioether (sulfide) groups is 1. The van der Waals surface area contributed by atoms with E-state index in [1.54, 1.807) is 16.0 Å². The summed E-state index contributed by atoms with van der Waals surface area (Å²) in [5.74, 6) is 7.38. The van der Waals surface area contributed by atoms with Crippen molar-refractivity contribution in [1.82, 2.24) is 19.9 Å². The van der Waals surface area contributed by atoms with Gasteiger partial charge in [-0.2, -0.15) is 0 Å². The van der Waals surface area contributed by atoms with Crippen molar-refractivity contribution in [2.24, 2.45) is 0 Å². The molecule has 0 spiro atoms. The maximum Gasteiger partial charge on any atom is 0.237 e. The van der Waals surface area contributed by atoms with Crippen molar-refractivity contribution in [3.05, 3.63) is 64.9 Å². The highest BCUT2D eigenvalue weighted by molar-refractivity contribution is 8.00. The van der Waals surface area contributed by atoms with Crippen molar-refractivity contribution in [1.29, 1.82) is 0 Å². The van der Waals surface area contributed by atoms with Crippen LogP contribution in [0.15, 0.2) is 53.7 Å². The van der Waals surface area contributed by atoms with Crippen molar-refractivity contribution in [2.45, 2.75) is 61.8 Å². The van der Waals surface area contributed by atoms with Gasteiger partial charge in [0, 0.05) is 18.0 Å². The number of anilines is 1. The van der Waals surface area contributed by atoms with E-state index in [-0.39, 0.29) is 11.2 Å². The zero-order valence-electron chi connectivity index (χ0n) is 19.1. The molecule has 2 aromatic carbocycles. The van der Waals surface area contributed by atoms with Crippen LogP contribution < -0.4 is 11.2 Å². The molecule has 9 heteroatoms. The van der Waals surface area contributed by atoms with E-state index in [9.17, 15) is 4.79 Å². The van der Waals surface area contributed by atoms with Crippen LogP contribution in [-0.2, 0) is 11.2 Å². The second-order valence-electron chi connectivity index (χ2n) is 8.74. The highest BCUT2D eigenvalue weighted by Crippen LogP contribution is 2.33. The molecule has 176 valence electrons. The first-order valence-corrected chi connectivity index (χ1v) is 13.4. The van der Waals surface area contributed by atoms with Crippen LogP contribution in [0.4, 0.5) is 5.69 Å². The highest BCUT2D eigenvalue weighted by Gasteiger charge is 2.24. The number of thiazole rings is 1. The van der Waals surface area contributed by atoms with Gasteiger partial charge in [0.1, 0.15) is 0 Å². The molecule has 0 bridgehead atoms. The number of nitrogen functional groups attached to an aromatic ring is 1. The minimum absolute atomic E-state index is 0.0915. The van der Waals surface area contributed by atoms with Crippen molar-refractivity contribution < 1.29 is 4.79 Å². The van der Waals surface area contributed by atoms with Crippen LogP contribution in [0.2, 0.25) is 0 Å². The molecule has 1 aliphatic rings. The maximum absolute atomic E-state index is 12.8. The molecule has 1 fully saturated rings. The maximum atomic E-state index is 12.8. The third kappa shape index (κ3) is 5.10. The number of rotatable bonds is 7. The lowest BCUT2D eigenvalue weighted by atomic mass is 9.89. The van der Waals surface area contributed by atoms with Crippen LogP contribution in [-0.4, -0.2) is 31.0 Å². The highest BCUT2D eigenvalue weighted by atomic mass is 32.2. The summed E-state index contributed by atoms with van der Waals surface area (Å²) in [5, 5.41) is 12.9. The van der Waals surface area contributed by atoms with E-state index in [4.69, 9.17) is 10.8 Å². The standard InChI is InChI=1S/C25H28N6OS2/c1-16(33-25-30-29-23(31(25)26)18-7-3-2-4-8-18)24(32)27-19-13-11-17(12-14-19)15-22-28-20-9-5-6-10-21(20)34-22/h5-6,9-14,16,18H,2-4,7-8,15,26H2,1H3,(H,27,32)/t16-/m0/s1. The summed E-state index contributed by atoms with van der Waals surface area (Å²) >= 11 is 3.05. The van der Waals surface area contributed by atoms with Crippen LogP contribution in [0, 0.1) is 0 Å². The summed E-state index contributed by atoms with van der Waals surface area (Å²) in [6.45, 7) is 1.86. The predicted octanol–water partition coefficient (Wildman–Crippen LogP) is 5.36. The number of para-hydroxylation sites is 1. The number of nitrogens with two attached hydrogens (primary N) is 1. The number of fused-ring (bicyclic) bond motifs is 1. The van der Waals surface area contributed by atoms with Gasteiger partial charge in [-0.15, -0.1) is 21.5 Å². The van der Waals surface area contributed by atoms with Gasteiger partial charge in [0.05, 0.1) is 20.5 Å². The Bertz CT molecular complexity index is 1240. The van der Waals surface area contributed by atoms with Gasteiger partial charge in [0.2, 0.25) is 11.1 Å². The SMILES string of the molecule is C[C@H](Sc1nnc(C2CCCCC2)n1N)C(=O)Nc1ccc(Cc2nc3ccccc3s2)cc1. The number of nitrogens with one attached hydrogen (secondary N) is 1. The molecule has 3 N–H and O–H groups in total. The van der Waals surface area contributed by atoms with Gasteiger partial charge in [0.25, 0.3) is 0 Å². The Labute approximate surface area is 207 Å². The van der Waals surface area contributed by atoms with E-state index in [0.29, 0.717) is 11.1 Å². The van der Waals surface area contributed by atoms with E-state index in [0.717, 1.165) is 46.9 Å². The summed E-state index contributed by atoms with van der Waals surface area (Å²) < 4.78 is 2.77. The predicted molar refractivity (Wildman–Crippen MR) is 139 cm³/mol. The summed E-state index contributed by atoms with van der Waals surface area (Å²) in [6, 6.07) is 16.1. The van der Waals surface area contributed by atoms with Crippen LogP contribution in [0.1, 0.15) is 61.3 Å². The van der Waals surface area contributed by atoms with Gasteiger partial charge < -0.3 is 11.2 Å². The lowest BCUT2D eigenvalue weighted by Crippen LogP contribution is -2.24. The second kappa shape index (κ2) is 10.1. The van der Waals surface area contributed by atoms with Crippen molar-refractivity contribution in [3.63, 3.8) is 0 Å². The van der Waals surface area contributed by atoms with Gasteiger partial charge in [-0.1, -0.05) is 55.3 Å². The summed E-state index contributed by atoms with van der Waals surface area (Å²) in [5.41, 5.74) is 2.96. The largest absolute Gasteiger partial charge is 0.336 e. The summed E-state index contributed by atoms with van der Waals surface area (Å²) in [4.78, 5) is 17.5. The first-order valence-electron chi connectivity index (χ1n) is 11.7. The fourth-order valence-electron chi connectivity index (χ4n) is 4.34. The normalized spacial score (nSPS) is 15.4. The Balaban J connectivity index is 1.17. The van der Waals surface area contributed by atoms with Crippen LogP contribution >= 0.6 is 23.1 Å². The lowest BCUT2D eigenvalue weighted by Gasteiger charge is -2.20. The van der Waals surface area contributed by atoms with Gasteiger partial charge in [-0.3, -0.25) is 4.79 Å². The molecular weight excluding hydrogens is 464 g/mol. The molecule has 0 radical (unpaired) electrons. The van der Waals surface area contributed by atoms with Gasteiger partial charge in [-0.25, -0.2) is 9.66 Å². The number of amides is 1. The Kier molecular flexibility index (Phi) is 6.82. The van der Waals surface area contributed by atoms with Gasteiger partial charge in [0.15, 0.2) is 5.82 Å². The molecule has 1 aliphatic carbocycles. The zero-order valence-corrected chi connectivity index (χ0v) is 20.7. The lowest BCUT2D eigenvalue weighted by molar-refractivity contribution is -0.115. The fraction of sp³-hybridized carbons (Fsp3) is 0.360. The quantitative estimate of drug-likeness (QED) is 0.266. The van der Waals surface area contributed by atoms with Crippen LogP contribution in [0.25, 0.3) is 10.2 Å². The third-order valence-corrected chi connectivity index (χ3v) is 8.32. The molecule has 0 unspecified atom stereocenters. The topological polar surface area (TPSA) is 98.7 Å². The van der Waals surface area contributed by atoms with Crippen molar-refractivity contribution in [2.75, 3.05) is 11.2 Å². The van der Waals surface area contributed by atoms with Gasteiger partial charge in [-0.05, 0) is 49.6 Å². The molecule has 4 aromatic rings. The Morgan fingerprint density at radius 3 is 2.68 bits per heavy atom. The molecule has 0 saturated heterocycles. The van der Waals surface area contributed by atoms with Crippen LogP contribution in [0.5, 0.6) is 0 Å². The minimum atomic E-state index is -0.354. The molecule has 5 rings (SSSR count). The molecule has 34 heavy (non-hydrogen) atoms. The van der Waals surface area contributed by atoms with Crippen LogP contribution in [0.3, 0.4) is 0 Å². The fourth-order valence-corrected chi connectivity index (χ4v) is 6.12. The first-order chi connectivity index (χ1) is 16.6. The molecule has 0 aliphatic heterocycles. The molecule has 1 saturated carbocycles. The number of hydrogen-bond donors (Lipinski definition) is 2. The monoisotopic (exact) mass is 492 g/mol. The average Bonchev–Trinajstić information content (AvgIpc) is 3.43. The van der Waals surface area contributed by atoms with E-state index in [1.807, 2.05) is 49.4 Å². The van der Waals surface area contributed by atoms with E-state index < -0.39 is 0 Å². The number of carbonyl (C=O) groups is 1. The van der Waals surface area contributed by atoms with Crippen molar-refractivity contribution >= 4 is 44.9 Å². The molecule has 1 amide bonds. The van der Waals surface area contributed by atoms with E-state index in [2.05, 4.69) is 21.6 Å². The molecule has 7 nitrogen and oxygen atoms in total. The minimum Gasteiger partial charge on any atom is -0.336 e. The third-order valence-electron chi connectivity index (χ3n) is 6.23. The summed E-state index contributed by atoms with van der Waals surface area (Å²) in [6.07, 6.45) is 6.67. The number of benzene rings is 2.